The van der Waals surface area contributed by atoms with Gasteiger partial charge in [-0.05, 0) is 47.4 Å². The van der Waals surface area contributed by atoms with E-state index in [4.69, 9.17) is 4.74 Å². The number of nitrogens with one attached hydrogen (secondary N) is 2. The molecule has 2 aromatic carbocycles. The molecule has 34 heavy (non-hydrogen) atoms. The number of carbonyl (C=O) groups excluding carboxylic acids is 2. The first-order valence-electron chi connectivity index (χ1n) is 11.8. The second-order valence-electron chi connectivity index (χ2n) is 9.45. The lowest BCUT2D eigenvalue weighted by molar-refractivity contribution is -0.147. The molecular weight excluding hydrogens is 432 g/mol. The fourth-order valence-corrected chi connectivity index (χ4v) is 4.30. The van der Waals surface area contributed by atoms with E-state index in [1.54, 1.807) is 6.92 Å². The van der Waals surface area contributed by atoms with E-state index < -0.39 is 17.6 Å². The van der Waals surface area contributed by atoms with Gasteiger partial charge >= 0.3 is 12.1 Å². The van der Waals surface area contributed by atoms with E-state index in [0.29, 0.717) is 0 Å². The maximum Gasteiger partial charge on any atom is 0.407 e. The molecule has 7 heteroatoms. The van der Waals surface area contributed by atoms with Crippen LogP contribution in [0.1, 0.15) is 57.6 Å². The zero-order chi connectivity index (χ0) is 24.9. The minimum absolute atomic E-state index is 0.0208. The summed E-state index contributed by atoms with van der Waals surface area (Å²) in [7, 11) is 0. The van der Waals surface area contributed by atoms with Crippen LogP contribution in [0.2, 0.25) is 0 Å². The highest BCUT2D eigenvalue weighted by molar-refractivity contribution is 5.86. The number of carboxylic acids is 1. The molecule has 3 N–H and O–H groups in total. The van der Waals surface area contributed by atoms with Gasteiger partial charge in [0.1, 0.15) is 12.1 Å². The quantitative estimate of drug-likeness (QED) is 0.476. The lowest BCUT2D eigenvalue weighted by atomic mass is 9.91. The summed E-state index contributed by atoms with van der Waals surface area (Å²) in [6.45, 7) is 7.62. The van der Waals surface area contributed by atoms with Crippen molar-refractivity contribution in [3.05, 3.63) is 59.7 Å². The predicted octanol–water partition coefficient (Wildman–Crippen LogP) is 4.56. The van der Waals surface area contributed by atoms with Crippen LogP contribution in [0.3, 0.4) is 0 Å². The number of hydrogen-bond acceptors (Lipinski definition) is 4. The van der Waals surface area contributed by atoms with Crippen molar-refractivity contribution >= 4 is 18.0 Å². The highest BCUT2D eigenvalue weighted by Crippen LogP contribution is 2.44. The highest BCUT2D eigenvalue weighted by atomic mass is 16.5. The van der Waals surface area contributed by atoms with Crippen LogP contribution in [0.4, 0.5) is 4.79 Å². The molecule has 182 valence electrons. The average molecular weight is 467 g/mol. The number of amides is 2. The molecule has 7 nitrogen and oxygen atoms in total. The van der Waals surface area contributed by atoms with Crippen molar-refractivity contribution in [3.63, 3.8) is 0 Å². The third-order valence-corrected chi connectivity index (χ3v) is 6.84. The van der Waals surface area contributed by atoms with Crippen LogP contribution >= 0.6 is 0 Å². The van der Waals surface area contributed by atoms with E-state index in [9.17, 15) is 19.5 Å². The van der Waals surface area contributed by atoms with Gasteiger partial charge in [-0.2, -0.15) is 0 Å². The maximum atomic E-state index is 12.5. The number of ether oxygens (including phenoxy) is 1. The average Bonchev–Trinajstić information content (AvgIpc) is 3.13. The van der Waals surface area contributed by atoms with Crippen LogP contribution in [-0.2, 0) is 14.3 Å². The maximum absolute atomic E-state index is 12.5. The molecule has 0 aromatic heterocycles. The molecule has 0 heterocycles. The Bertz CT molecular complexity index is 1010. The molecule has 0 saturated heterocycles. The van der Waals surface area contributed by atoms with Crippen molar-refractivity contribution in [2.45, 2.75) is 52.0 Å². The van der Waals surface area contributed by atoms with E-state index in [1.165, 1.54) is 18.1 Å². The van der Waals surface area contributed by atoms with Crippen LogP contribution < -0.4 is 10.6 Å². The van der Waals surface area contributed by atoms with Crippen LogP contribution in [-0.4, -0.2) is 41.8 Å². The highest BCUT2D eigenvalue weighted by Gasteiger charge is 2.34. The van der Waals surface area contributed by atoms with Crippen molar-refractivity contribution in [3.8, 4) is 11.1 Å². The minimum atomic E-state index is -1.31. The van der Waals surface area contributed by atoms with E-state index in [1.807, 2.05) is 38.1 Å². The second kappa shape index (κ2) is 10.7. The summed E-state index contributed by atoms with van der Waals surface area (Å²) in [6.07, 6.45) is -0.139. The van der Waals surface area contributed by atoms with Gasteiger partial charge in [0.25, 0.3) is 0 Å². The molecular formula is C27H34N2O5. The number of aliphatic carboxylic acids is 1. The molecule has 2 amide bonds. The first kappa shape index (κ1) is 25.3. The summed E-state index contributed by atoms with van der Waals surface area (Å²) in [5, 5.41) is 14.8. The summed E-state index contributed by atoms with van der Waals surface area (Å²) in [5.41, 5.74) is 3.31. The molecule has 3 rings (SSSR count). The predicted molar refractivity (Wildman–Crippen MR) is 130 cm³/mol. The fourth-order valence-electron chi connectivity index (χ4n) is 4.30. The Labute approximate surface area is 200 Å². The zero-order valence-corrected chi connectivity index (χ0v) is 20.3. The molecule has 0 fully saturated rings. The van der Waals surface area contributed by atoms with Gasteiger partial charge in [-0.1, -0.05) is 69.3 Å². The van der Waals surface area contributed by atoms with Gasteiger partial charge in [0.2, 0.25) is 5.91 Å². The molecule has 0 aliphatic heterocycles. The Hall–Kier alpha value is -3.35. The lowest BCUT2D eigenvalue weighted by Crippen LogP contribution is -2.52. The number of fused-ring (bicyclic) bond motifs is 3. The van der Waals surface area contributed by atoms with Gasteiger partial charge in [-0.3, -0.25) is 4.79 Å². The summed E-state index contributed by atoms with van der Waals surface area (Å²) < 4.78 is 5.58. The smallest absolute Gasteiger partial charge is 0.407 e. The summed E-state index contributed by atoms with van der Waals surface area (Å²) >= 11 is 0. The molecule has 0 radical (unpaired) electrons. The van der Waals surface area contributed by atoms with Crippen LogP contribution in [0.15, 0.2) is 48.5 Å². The molecule has 2 unspecified atom stereocenters. The number of rotatable bonds is 10. The first-order chi connectivity index (χ1) is 16.2. The van der Waals surface area contributed by atoms with Gasteiger partial charge < -0.3 is 20.5 Å². The Morgan fingerprint density at radius 1 is 1.03 bits per heavy atom. The number of alkyl carbamates (subject to hydrolysis) is 1. The third-order valence-electron chi connectivity index (χ3n) is 6.84. The monoisotopic (exact) mass is 466 g/mol. The second-order valence-corrected chi connectivity index (χ2v) is 9.45. The van der Waals surface area contributed by atoms with E-state index in [-0.39, 0.29) is 49.7 Å². The molecule has 0 bridgehead atoms. The van der Waals surface area contributed by atoms with Crippen LogP contribution in [0.25, 0.3) is 11.1 Å². The number of carboxylic acid groups (broad SMARTS) is 1. The van der Waals surface area contributed by atoms with E-state index in [0.717, 1.165) is 11.1 Å². The van der Waals surface area contributed by atoms with Gasteiger partial charge in [0, 0.05) is 18.9 Å². The van der Waals surface area contributed by atoms with Gasteiger partial charge in [-0.15, -0.1) is 0 Å². The molecule has 0 saturated carbocycles. The molecule has 2 atom stereocenters. The molecule has 1 aliphatic rings. The topological polar surface area (TPSA) is 105 Å². The minimum Gasteiger partial charge on any atom is -0.480 e. The van der Waals surface area contributed by atoms with Crippen LogP contribution in [0, 0.1) is 11.8 Å². The molecule has 1 aliphatic carbocycles. The van der Waals surface area contributed by atoms with Crippen molar-refractivity contribution in [1.29, 1.82) is 0 Å². The Balaban J connectivity index is 1.55. The Morgan fingerprint density at radius 2 is 1.59 bits per heavy atom. The van der Waals surface area contributed by atoms with Crippen molar-refractivity contribution in [1.82, 2.24) is 10.6 Å². The SMILES string of the molecule is CCC(C)(NC(=O)CC(CNC(=O)OCC1c2ccccc2-c2ccccc21)C(C)C)C(=O)O. The lowest BCUT2D eigenvalue weighted by Gasteiger charge is -2.27. The van der Waals surface area contributed by atoms with Gasteiger partial charge in [0.05, 0.1) is 0 Å². The van der Waals surface area contributed by atoms with Crippen molar-refractivity contribution < 1.29 is 24.2 Å². The summed E-state index contributed by atoms with van der Waals surface area (Å²) in [4.78, 5) is 36.5. The molecule has 2 aromatic rings. The van der Waals surface area contributed by atoms with Crippen molar-refractivity contribution in [2.24, 2.45) is 11.8 Å². The number of hydrogen-bond donors (Lipinski definition) is 3. The van der Waals surface area contributed by atoms with E-state index >= 15 is 0 Å². The zero-order valence-electron chi connectivity index (χ0n) is 20.3. The fraction of sp³-hybridized carbons (Fsp3) is 0.444. The van der Waals surface area contributed by atoms with Gasteiger partial charge in [-0.25, -0.2) is 9.59 Å². The van der Waals surface area contributed by atoms with Gasteiger partial charge in [0.15, 0.2) is 0 Å². The Morgan fingerprint density at radius 3 is 2.09 bits per heavy atom. The standard InChI is InChI=1S/C27H34N2O5/c1-5-27(4,25(31)32)29-24(30)14-18(17(2)3)15-28-26(33)34-16-23-21-12-8-6-10-19(21)20-11-7-9-13-22(20)23/h6-13,17-18,23H,5,14-16H2,1-4H3,(H,28,33)(H,29,30)(H,31,32). The summed E-state index contributed by atoms with van der Waals surface area (Å²) in [5.74, 6) is -1.48. The van der Waals surface area contributed by atoms with Crippen molar-refractivity contribution in [2.75, 3.05) is 13.2 Å². The molecule has 0 spiro atoms. The van der Waals surface area contributed by atoms with E-state index in [2.05, 4.69) is 34.9 Å². The largest absolute Gasteiger partial charge is 0.480 e. The number of benzene rings is 2. The normalized spacial score (nSPS) is 15.1. The Kier molecular flexibility index (Phi) is 7.97. The first-order valence-corrected chi connectivity index (χ1v) is 11.8. The summed E-state index contributed by atoms with van der Waals surface area (Å²) in [6, 6.07) is 16.3. The van der Waals surface area contributed by atoms with Crippen LogP contribution in [0.5, 0.6) is 0 Å². The number of carbonyl (C=O) groups is 3. The third kappa shape index (κ3) is 5.58.